The van der Waals surface area contributed by atoms with Crippen LogP contribution in [0.25, 0.3) is 0 Å². The molecule has 2 aromatic carbocycles. The highest BCUT2D eigenvalue weighted by molar-refractivity contribution is 6.05. The number of para-hydroxylation sites is 1. The molecule has 0 aromatic heterocycles. The molecule has 1 aliphatic rings. The van der Waals surface area contributed by atoms with Crippen LogP contribution < -0.4 is 10.6 Å². The van der Waals surface area contributed by atoms with E-state index in [0.29, 0.717) is 24.3 Å². The van der Waals surface area contributed by atoms with E-state index in [4.69, 9.17) is 0 Å². The Balaban J connectivity index is 1.61. The third-order valence-electron chi connectivity index (χ3n) is 6.02. The lowest BCUT2D eigenvalue weighted by atomic mass is 10.0. The van der Waals surface area contributed by atoms with Crippen LogP contribution in [0, 0.1) is 5.92 Å². The second-order valence-electron chi connectivity index (χ2n) is 8.27. The molecule has 3 amide bonds. The minimum Gasteiger partial charge on any atom is -0.342 e. The highest BCUT2D eigenvalue weighted by atomic mass is 16.2. The number of carbonyl (C=O) groups is 3. The van der Waals surface area contributed by atoms with Crippen LogP contribution in [-0.2, 0) is 22.4 Å². The zero-order chi connectivity index (χ0) is 23.1. The first kappa shape index (κ1) is 23.5. The lowest BCUT2D eigenvalue weighted by Gasteiger charge is -2.16. The van der Waals surface area contributed by atoms with Crippen molar-refractivity contribution in [2.24, 2.45) is 5.92 Å². The van der Waals surface area contributed by atoms with Crippen molar-refractivity contribution in [2.45, 2.75) is 52.9 Å². The second kappa shape index (κ2) is 10.9. The van der Waals surface area contributed by atoms with Crippen molar-refractivity contribution in [2.75, 3.05) is 23.7 Å². The zero-order valence-electron chi connectivity index (χ0n) is 19.2. The average Bonchev–Trinajstić information content (AvgIpc) is 3.18. The predicted octanol–water partition coefficient (Wildman–Crippen LogP) is 4.65. The van der Waals surface area contributed by atoms with Crippen LogP contribution in [0.1, 0.15) is 61.5 Å². The lowest BCUT2D eigenvalue weighted by Crippen LogP contribution is -2.29. The van der Waals surface area contributed by atoms with E-state index in [0.717, 1.165) is 42.5 Å². The van der Waals surface area contributed by atoms with E-state index in [9.17, 15) is 14.4 Å². The first-order valence-corrected chi connectivity index (χ1v) is 11.6. The molecule has 6 heteroatoms. The molecule has 1 atom stereocenters. The number of anilines is 2. The molecule has 32 heavy (non-hydrogen) atoms. The summed E-state index contributed by atoms with van der Waals surface area (Å²) in [5.74, 6) is -0.616. The van der Waals surface area contributed by atoms with Crippen molar-refractivity contribution < 1.29 is 14.4 Å². The molecule has 1 aliphatic heterocycles. The quantitative estimate of drug-likeness (QED) is 0.602. The summed E-state index contributed by atoms with van der Waals surface area (Å²) in [7, 11) is 0. The normalized spacial score (nSPS) is 15.7. The molecule has 0 spiro atoms. The Morgan fingerprint density at radius 1 is 0.969 bits per heavy atom. The number of benzene rings is 2. The fourth-order valence-electron chi connectivity index (χ4n) is 4.05. The molecule has 0 unspecified atom stereocenters. The van der Waals surface area contributed by atoms with Crippen LogP contribution >= 0.6 is 0 Å². The van der Waals surface area contributed by atoms with Gasteiger partial charge in [0.25, 0.3) is 5.91 Å². The molecule has 0 aliphatic carbocycles. The molecular formula is C26H33N3O3. The zero-order valence-corrected chi connectivity index (χ0v) is 19.2. The number of amides is 3. The van der Waals surface area contributed by atoms with Gasteiger partial charge >= 0.3 is 0 Å². The van der Waals surface area contributed by atoms with E-state index in [1.807, 2.05) is 18.2 Å². The summed E-state index contributed by atoms with van der Waals surface area (Å²) < 4.78 is 0. The van der Waals surface area contributed by atoms with Crippen molar-refractivity contribution in [1.29, 1.82) is 0 Å². The number of nitrogens with one attached hydrogen (secondary N) is 2. The fraction of sp³-hybridized carbons (Fsp3) is 0.423. The van der Waals surface area contributed by atoms with Gasteiger partial charge in [-0.15, -0.1) is 0 Å². The Hall–Kier alpha value is -3.15. The van der Waals surface area contributed by atoms with Gasteiger partial charge in [0.1, 0.15) is 0 Å². The number of nitrogens with zero attached hydrogens (tertiary/aromatic N) is 1. The molecule has 2 N–H and O–H groups in total. The molecule has 0 radical (unpaired) electrons. The molecule has 6 nitrogen and oxygen atoms in total. The molecule has 1 fully saturated rings. The van der Waals surface area contributed by atoms with Crippen molar-refractivity contribution in [3.63, 3.8) is 0 Å². The Labute approximate surface area is 190 Å². The third kappa shape index (κ3) is 5.55. The summed E-state index contributed by atoms with van der Waals surface area (Å²) in [5.41, 5.74) is 4.26. The van der Waals surface area contributed by atoms with Crippen molar-refractivity contribution in [3.05, 3.63) is 59.2 Å². The summed E-state index contributed by atoms with van der Waals surface area (Å²) in [6.07, 6.45) is 3.91. The number of hydrogen-bond donors (Lipinski definition) is 2. The maximum absolute atomic E-state index is 12.8. The van der Waals surface area contributed by atoms with Crippen LogP contribution in [0.2, 0.25) is 0 Å². The second-order valence-corrected chi connectivity index (χ2v) is 8.27. The number of unbranched alkanes of at least 4 members (excludes halogenated alkanes) is 1. The highest BCUT2D eigenvalue weighted by Gasteiger charge is 2.33. The first-order valence-electron chi connectivity index (χ1n) is 11.6. The third-order valence-corrected chi connectivity index (χ3v) is 6.02. The Bertz CT molecular complexity index is 947. The minimum atomic E-state index is -0.333. The standard InChI is InChI=1S/C26H33N3O3/c1-4-7-15-29-17-21(16-23(29)30)26(32)27-22-13-11-20(12-14-22)25(31)28-24-18(5-2)9-8-10-19(24)6-3/h8-14,21H,4-7,15-17H2,1-3H3,(H,27,32)(H,28,31)/t21-/m0/s1. The number of rotatable bonds is 9. The number of hydrogen-bond acceptors (Lipinski definition) is 3. The maximum atomic E-state index is 12.8. The molecule has 0 bridgehead atoms. The molecular weight excluding hydrogens is 402 g/mol. The summed E-state index contributed by atoms with van der Waals surface area (Å²) in [6.45, 7) is 7.41. The van der Waals surface area contributed by atoms with Gasteiger partial charge in [0, 0.05) is 36.4 Å². The van der Waals surface area contributed by atoms with Gasteiger partial charge in [0.15, 0.2) is 0 Å². The molecule has 0 saturated carbocycles. The van der Waals surface area contributed by atoms with Gasteiger partial charge in [0.05, 0.1) is 5.92 Å². The van der Waals surface area contributed by atoms with Gasteiger partial charge in [-0.25, -0.2) is 0 Å². The smallest absolute Gasteiger partial charge is 0.255 e. The largest absolute Gasteiger partial charge is 0.342 e. The summed E-state index contributed by atoms with van der Waals surface area (Å²) in [5, 5.41) is 5.94. The van der Waals surface area contributed by atoms with Crippen LogP contribution in [0.4, 0.5) is 11.4 Å². The number of aryl methyl sites for hydroxylation is 2. The Morgan fingerprint density at radius 2 is 1.62 bits per heavy atom. The van der Waals surface area contributed by atoms with Gasteiger partial charge in [-0.3, -0.25) is 14.4 Å². The van der Waals surface area contributed by atoms with Gasteiger partial charge in [-0.1, -0.05) is 45.4 Å². The topological polar surface area (TPSA) is 78.5 Å². The first-order chi connectivity index (χ1) is 15.5. The molecule has 2 aromatic rings. The lowest BCUT2D eigenvalue weighted by molar-refractivity contribution is -0.128. The van der Waals surface area contributed by atoms with Crippen LogP contribution in [0.15, 0.2) is 42.5 Å². The van der Waals surface area contributed by atoms with E-state index < -0.39 is 0 Å². The monoisotopic (exact) mass is 435 g/mol. The van der Waals surface area contributed by atoms with Gasteiger partial charge in [-0.05, 0) is 54.7 Å². The molecule has 1 saturated heterocycles. The van der Waals surface area contributed by atoms with Crippen LogP contribution in [0.3, 0.4) is 0 Å². The maximum Gasteiger partial charge on any atom is 0.255 e. The SMILES string of the molecule is CCCCN1C[C@@H](C(=O)Nc2ccc(C(=O)Nc3c(CC)cccc3CC)cc2)CC1=O. The van der Waals surface area contributed by atoms with E-state index in [2.05, 4.69) is 31.4 Å². The summed E-state index contributed by atoms with van der Waals surface area (Å²) in [4.78, 5) is 39.3. The average molecular weight is 436 g/mol. The van der Waals surface area contributed by atoms with Crippen molar-refractivity contribution >= 4 is 29.1 Å². The molecule has 170 valence electrons. The fourth-order valence-corrected chi connectivity index (χ4v) is 4.05. The van der Waals surface area contributed by atoms with Crippen molar-refractivity contribution in [3.8, 4) is 0 Å². The van der Waals surface area contributed by atoms with Gasteiger partial charge in [0.2, 0.25) is 11.8 Å². The number of likely N-dealkylation sites (tertiary alicyclic amines) is 1. The van der Waals surface area contributed by atoms with Gasteiger partial charge in [-0.2, -0.15) is 0 Å². The Morgan fingerprint density at radius 3 is 2.22 bits per heavy atom. The predicted molar refractivity (Wildman–Crippen MR) is 128 cm³/mol. The summed E-state index contributed by atoms with van der Waals surface area (Å²) >= 11 is 0. The Kier molecular flexibility index (Phi) is 8.03. The number of carbonyl (C=O) groups excluding carboxylic acids is 3. The molecule has 3 rings (SSSR count). The van der Waals surface area contributed by atoms with E-state index in [-0.39, 0.29) is 30.1 Å². The minimum absolute atomic E-state index is 0.0458. The molecule has 1 heterocycles. The summed E-state index contributed by atoms with van der Waals surface area (Å²) in [6, 6.07) is 13.0. The van der Waals surface area contributed by atoms with Crippen LogP contribution in [0.5, 0.6) is 0 Å². The van der Waals surface area contributed by atoms with Crippen molar-refractivity contribution in [1.82, 2.24) is 4.90 Å². The van der Waals surface area contributed by atoms with Crippen LogP contribution in [-0.4, -0.2) is 35.7 Å². The van der Waals surface area contributed by atoms with E-state index in [1.165, 1.54) is 0 Å². The van der Waals surface area contributed by atoms with E-state index >= 15 is 0 Å². The highest BCUT2D eigenvalue weighted by Crippen LogP contribution is 2.24. The van der Waals surface area contributed by atoms with Gasteiger partial charge < -0.3 is 15.5 Å². The van der Waals surface area contributed by atoms with E-state index in [1.54, 1.807) is 29.2 Å².